The van der Waals surface area contributed by atoms with Gasteiger partial charge in [0.1, 0.15) is 11.3 Å². The maximum absolute atomic E-state index is 12.6. The van der Waals surface area contributed by atoms with Crippen molar-refractivity contribution >= 4 is 11.4 Å². The SMILES string of the molecule is CCCCOc1ccccc1-c1cc2c(=O)n(CCC(N)=O)ccn2n1. The van der Waals surface area contributed by atoms with Gasteiger partial charge in [0, 0.05) is 30.9 Å². The Morgan fingerprint density at radius 3 is 2.85 bits per heavy atom. The van der Waals surface area contributed by atoms with Crippen LogP contribution < -0.4 is 16.0 Å². The van der Waals surface area contributed by atoms with Crippen LogP contribution in [-0.4, -0.2) is 26.7 Å². The maximum Gasteiger partial charge on any atom is 0.276 e. The molecule has 0 saturated heterocycles. The maximum atomic E-state index is 12.6. The van der Waals surface area contributed by atoms with Crippen LogP contribution in [0.5, 0.6) is 5.75 Å². The summed E-state index contributed by atoms with van der Waals surface area (Å²) in [6, 6.07) is 9.40. The molecule has 136 valence electrons. The zero-order valence-electron chi connectivity index (χ0n) is 14.7. The third-order valence-corrected chi connectivity index (χ3v) is 4.12. The number of carbonyl (C=O) groups is 1. The first-order valence-electron chi connectivity index (χ1n) is 8.69. The van der Waals surface area contributed by atoms with Gasteiger partial charge in [0.15, 0.2) is 0 Å². The van der Waals surface area contributed by atoms with E-state index in [1.54, 1.807) is 23.0 Å². The number of ether oxygens (including phenoxy) is 1. The minimum absolute atomic E-state index is 0.116. The number of hydrogen-bond acceptors (Lipinski definition) is 4. The second-order valence-corrected chi connectivity index (χ2v) is 6.07. The highest BCUT2D eigenvalue weighted by molar-refractivity contribution is 5.73. The summed E-state index contributed by atoms with van der Waals surface area (Å²) in [6.45, 7) is 3.00. The van der Waals surface area contributed by atoms with E-state index in [0.717, 1.165) is 24.2 Å². The van der Waals surface area contributed by atoms with E-state index in [1.807, 2.05) is 24.3 Å². The largest absolute Gasteiger partial charge is 0.493 e. The summed E-state index contributed by atoms with van der Waals surface area (Å²) < 4.78 is 8.87. The number of carbonyl (C=O) groups excluding carboxylic acids is 1. The second-order valence-electron chi connectivity index (χ2n) is 6.07. The van der Waals surface area contributed by atoms with Crippen molar-refractivity contribution in [2.45, 2.75) is 32.7 Å². The lowest BCUT2D eigenvalue weighted by Crippen LogP contribution is -2.24. The van der Waals surface area contributed by atoms with Crippen molar-refractivity contribution in [3.63, 3.8) is 0 Å². The highest BCUT2D eigenvalue weighted by Crippen LogP contribution is 2.29. The van der Waals surface area contributed by atoms with Crippen molar-refractivity contribution in [2.24, 2.45) is 5.73 Å². The Morgan fingerprint density at radius 1 is 1.27 bits per heavy atom. The van der Waals surface area contributed by atoms with Gasteiger partial charge in [0.2, 0.25) is 5.91 Å². The number of para-hydroxylation sites is 1. The van der Waals surface area contributed by atoms with E-state index in [2.05, 4.69) is 12.0 Å². The van der Waals surface area contributed by atoms with Crippen LogP contribution in [0.15, 0.2) is 47.5 Å². The molecule has 1 aromatic carbocycles. The van der Waals surface area contributed by atoms with Gasteiger partial charge < -0.3 is 15.0 Å². The third-order valence-electron chi connectivity index (χ3n) is 4.12. The molecule has 0 aliphatic rings. The lowest BCUT2D eigenvalue weighted by molar-refractivity contribution is -0.118. The van der Waals surface area contributed by atoms with E-state index in [1.165, 1.54) is 4.57 Å². The molecule has 0 bridgehead atoms. The zero-order chi connectivity index (χ0) is 18.5. The molecule has 0 atom stereocenters. The van der Waals surface area contributed by atoms with Gasteiger partial charge >= 0.3 is 0 Å². The fourth-order valence-electron chi connectivity index (χ4n) is 2.70. The highest BCUT2D eigenvalue weighted by atomic mass is 16.5. The molecule has 0 aliphatic carbocycles. The number of aromatic nitrogens is 3. The van der Waals surface area contributed by atoms with Crippen molar-refractivity contribution in [3.8, 4) is 17.0 Å². The van der Waals surface area contributed by atoms with E-state index in [9.17, 15) is 9.59 Å². The van der Waals surface area contributed by atoms with E-state index in [-0.39, 0.29) is 18.5 Å². The number of nitrogens with zero attached hydrogens (tertiary/aromatic N) is 3. The molecule has 0 fully saturated rings. The minimum atomic E-state index is -0.441. The third kappa shape index (κ3) is 3.77. The Hall–Kier alpha value is -3.09. The smallest absolute Gasteiger partial charge is 0.276 e. The van der Waals surface area contributed by atoms with Gasteiger partial charge in [-0.25, -0.2) is 4.52 Å². The van der Waals surface area contributed by atoms with E-state index < -0.39 is 5.91 Å². The van der Waals surface area contributed by atoms with Crippen molar-refractivity contribution < 1.29 is 9.53 Å². The fourth-order valence-corrected chi connectivity index (χ4v) is 2.70. The summed E-state index contributed by atoms with van der Waals surface area (Å²) >= 11 is 0. The Balaban J connectivity index is 1.96. The second kappa shape index (κ2) is 7.86. The number of fused-ring (bicyclic) bond motifs is 1. The Labute approximate surface area is 151 Å². The predicted molar refractivity (Wildman–Crippen MR) is 99.1 cm³/mol. The van der Waals surface area contributed by atoms with Gasteiger partial charge in [-0.2, -0.15) is 5.10 Å². The molecule has 26 heavy (non-hydrogen) atoms. The molecule has 0 saturated carbocycles. The molecule has 2 heterocycles. The molecule has 0 aliphatic heterocycles. The van der Waals surface area contributed by atoms with E-state index in [0.29, 0.717) is 17.8 Å². The van der Waals surface area contributed by atoms with Crippen LogP contribution in [0.25, 0.3) is 16.8 Å². The first kappa shape index (κ1) is 17.7. The van der Waals surface area contributed by atoms with Crippen LogP contribution in [0.2, 0.25) is 0 Å². The first-order chi connectivity index (χ1) is 12.6. The molecule has 1 amide bonds. The molecule has 0 unspecified atom stereocenters. The van der Waals surface area contributed by atoms with Gasteiger partial charge in [0.25, 0.3) is 5.56 Å². The molecule has 2 aromatic heterocycles. The average molecular weight is 354 g/mol. The van der Waals surface area contributed by atoms with Crippen LogP contribution in [0.1, 0.15) is 26.2 Å². The predicted octanol–water partition coefficient (Wildman–Crippen LogP) is 2.22. The van der Waals surface area contributed by atoms with Gasteiger partial charge in [0.05, 0.1) is 12.3 Å². The number of amides is 1. The Kier molecular flexibility index (Phi) is 5.36. The summed E-state index contributed by atoms with van der Waals surface area (Å²) in [6.07, 6.45) is 5.46. The normalized spacial score (nSPS) is 11.0. The Morgan fingerprint density at radius 2 is 2.08 bits per heavy atom. The van der Waals surface area contributed by atoms with Crippen molar-refractivity contribution in [3.05, 3.63) is 53.1 Å². The number of unbranched alkanes of at least 4 members (excludes halogenated alkanes) is 1. The van der Waals surface area contributed by atoms with Crippen molar-refractivity contribution in [1.82, 2.24) is 14.2 Å². The lowest BCUT2D eigenvalue weighted by Gasteiger charge is -2.09. The van der Waals surface area contributed by atoms with Gasteiger partial charge in [-0.15, -0.1) is 0 Å². The Bertz CT molecular complexity index is 974. The van der Waals surface area contributed by atoms with Gasteiger partial charge in [-0.05, 0) is 24.6 Å². The van der Waals surface area contributed by atoms with Crippen molar-refractivity contribution in [1.29, 1.82) is 0 Å². The number of nitrogens with two attached hydrogens (primary N) is 1. The summed E-state index contributed by atoms with van der Waals surface area (Å²) in [7, 11) is 0. The summed E-state index contributed by atoms with van der Waals surface area (Å²) in [4.78, 5) is 23.6. The number of primary amides is 1. The number of benzene rings is 1. The molecule has 7 heteroatoms. The van der Waals surface area contributed by atoms with Crippen LogP contribution in [0.4, 0.5) is 0 Å². The summed E-state index contributed by atoms with van der Waals surface area (Å²) in [5, 5.41) is 4.50. The number of rotatable bonds is 8. The van der Waals surface area contributed by atoms with Gasteiger partial charge in [-0.1, -0.05) is 25.5 Å². The van der Waals surface area contributed by atoms with E-state index in [4.69, 9.17) is 10.5 Å². The topological polar surface area (TPSA) is 91.6 Å². The molecule has 7 nitrogen and oxygen atoms in total. The molecule has 2 N–H and O–H groups in total. The van der Waals surface area contributed by atoms with Gasteiger partial charge in [-0.3, -0.25) is 9.59 Å². The molecule has 3 aromatic rings. The summed E-state index contributed by atoms with van der Waals surface area (Å²) in [5.41, 5.74) is 6.90. The van der Waals surface area contributed by atoms with E-state index >= 15 is 0 Å². The average Bonchev–Trinajstić information content (AvgIpc) is 3.07. The van der Waals surface area contributed by atoms with Crippen LogP contribution in [0, 0.1) is 0 Å². The number of hydrogen-bond donors (Lipinski definition) is 1. The standard InChI is InChI=1S/C19H22N4O3/c1-2-3-12-26-17-7-5-4-6-14(17)15-13-16-19(25)22(9-8-18(20)24)10-11-23(16)21-15/h4-7,10-11,13H,2-3,8-9,12H2,1H3,(H2,20,24). The minimum Gasteiger partial charge on any atom is -0.493 e. The fraction of sp³-hybridized carbons (Fsp3) is 0.316. The lowest BCUT2D eigenvalue weighted by atomic mass is 10.1. The monoisotopic (exact) mass is 354 g/mol. The number of aryl methyl sites for hydroxylation is 1. The quantitative estimate of drug-likeness (QED) is 0.628. The molecular weight excluding hydrogens is 332 g/mol. The molecule has 3 rings (SSSR count). The molecule has 0 spiro atoms. The zero-order valence-corrected chi connectivity index (χ0v) is 14.7. The molecule has 0 radical (unpaired) electrons. The summed E-state index contributed by atoms with van der Waals surface area (Å²) in [5.74, 6) is 0.308. The van der Waals surface area contributed by atoms with Crippen LogP contribution in [-0.2, 0) is 11.3 Å². The first-order valence-corrected chi connectivity index (χ1v) is 8.69. The molecular formula is C19H22N4O3. The van der Waals surface area contributed by atoms with Crippen LogP contribution in [0.3, 0.4) is 0 Å². The highest BCUT2D eigenvalue weighted by Gasteiger charge is 2.13. The van der Waals surface area contributed by atoms with Crippen molar-refractivity contribution in [2.75, 3.05) is 6.61 Å². The van der Waals surface area contributed by atoms with Crippen LogP contribution >= 0.6 is 0 Å².